The van der Waals surface area contributed by atoms with E-state index in [9.17, 15) is 9.59 Å². The van der Waals surface area contributed by atoms with Gasteiger partial charge < -0.3 is 9.59 Å². The van der Waals surface area contributed by atoms with Gasteiger partial charge in [0.2, 0.25) is 0 Å². The van der Waals surface area contributed by atoms with Crippen molar-refractivity contribution in [3.05, 3.63) is 37.5 Å². The van der Waals surface area contributed by atoms with Gasteiger partial charge in [0, 0.05) is 0 Å². The van der Waals surface area contributed by atoms with Gasteiger partial charge in [-0.1, -0.05) is 24.3 Å². The Bertz CT molecular complexity index is 184. The molecular weight excluding hydrogens is 164 g/mol. The highest BCUT2D eigenvalue weighted by molar-refractivity contribution is 5.77. The number of hydrogen-bond donors (Lipinski definition) is 0. The lowest BCUT2D eigenvalue weighted by Crippen LogP contribution is -2.03. The molecule has 0 saturated carbocycles. The first-order chi connectivity index (χ1) is 6.24. The average molecular weight is 180 g/mol. The van der Waals surface area contributed by atoms with Crippen molar-refractivity contribution in [2.75, 3.05) is 0 Å². The monoisotopic (exact) mass is 180 g/mol. The van der Waals surface area contributed by atoms with Crippen molar-refractivity contribution in [3.63, 3.8) is 0 Å². The van der Waals surface area contributed by atoms with Crippen LogP contribution in [-0.2, 0) is 9.59 Å². The Balaban J connectivity index is 0. The highest BCUT2D eigenvalue weighted by Crippen LogP contribution is 2.06. The summed E-state index contributed by atoms with van der Waals surface area (Å²) in [4.78, 5) is 20.4. The van der Waals surface area contributed by atoms with Crippen molar-refractivity contribution in [3.8, 4) is 0 Å². The van der Waals surface area contributed by atoms with Crippen LogP contribution in [0.5, 0.6) is 0 Å². The lowest BCUT2D eigenvalue weighted by molar-refractivity contribution is -0.119. The minimum atomic E-state index is -0.529. The lowest BCUT2D eigenvalue weighted by Gasteiger charge is -1.99. The Hall–Kier alpha value is -1.44. The predicted octanol–water partition coefficient (Wildman–Crippen LogP) is 2.33. The number of aldehydes is 2. The second-order valence-corrected chi connectivity index (χ2v) is 2.30. The zero-order valence-corrected chi connectivity index (χ0v) is 8.03. The second-order valence-electron chi connectivity index (χ2n) is 2.30. The van der Waals surface area contributed by atoms with Crippen molar-refractivity contribution >= 4 is 12.6 Å². The summed E-state index contributed by atoms with van der Waals surface area (Å²) >= 11 is 0. The van der Waals surface area contributed by atoms with Gasteiger partial charge in [-0.05, 0) is 13.3 Å². The summed E-state index contributed by atoms with van der Waals surface area (Å²) in [6.07, 6.45) is 5.33. The maximum absolute atomic E-state index is 10.2. The zero-order chi connectivity index (χ0) is 10.7. The van der Waals surface area contributed by atoms with Crippen LogP contribution in [0.25, 0.3) is 0 Å². The van der Waals surface area contributed by atoms with Crippen LogP contribution in [-0.4, -0.2) is 12.6 Å². The normalized spacial score (nSPS) is 9.08. The number of carbonyl (C=O) groups is 2. The average Bonchev–Trinajstić information content (AvgIpc) is 2.18. The molecule has 0 unspecified atom stereocenters. The maximum Gasteiger partial charge on any atom is 0.130 e. The van der Waals surface area contributed by atoms with Gasteiger partial charge >= 0.3 is 0 Å². The SMILES string of the molecule is C=C.C=C(/C=C\C)CC(C=O)C=O. The van der Waals surface area contributed by atoms with Crippen LogP contribution >= 0.6 is 0 Å². The fourth-order valence-corrected chi connectivity index (χ4v) is 0.735. The molecule has 0 heterocycles. The molecule has 0 aromatic carbocycles. The summed E-state index contributed by atoms with van der Waals surface area (Å²) in [5, 5.41) is 0. The van der Waals surface area contributed by atoms with Crippen LogP contribution < -0.4 is 0 Å². The lowest BCUT2D eigenvalue weighted by atomic mass is 10.0. The molecule has 0 aliphatic carbocycles. The fraction of sp³-hybridized carbons (Fsp3) is 0.273. The van der Waals surface area contributed by atoms with E-state index in [1.165, 1.54) is 0 Å². The van der Waals surface area contributed by atoms with Gasteiger partial charge in [0.15, 0.2) is 0 Å². The largest absolute Gasteiger partial charge is 0.303 e. The highest BCUT2D eigenvalue weighted by atomic mass is 16.1. The van der Waals surface area contributed by atoms with Crippen molar-refractivity contribution in [1.82, 2.24) is 0 Å². The molecule has 0 saturated heterocycles. The van der Waals surface area contributed by atoms with Crippen LogP contribution in [0.4, 0.5) is 0 Å². The molecule has 2 heteroatoms. The Morgan fingerprint density at radius 3 is 2.08 bits per heavy atom. The standard InChI is InChI=1S/C9H12O2.C2H4/c1-3-4-8(2)5-9(6-10)7-11;1-2/h3-4,6-7,9H,2,5H2,1H3;1-2H2/b4-3-;. The van der Waals surface area contributed by atoms with Gasteiger partial charge in [0.25, 0.3) is 0 Å². The number of rotatable bonds is 5. The van der Waals surface area contributed by atoms with Gasteiger partial charge in [0.1, 0.15) is 12.6 Å². The molecule has 0 fully saturated rings. The van der Waals surface area contributed by atoms with Crippen molar-refractivity contribution in [2.24, 2.45) is 5.92 Å². The first kappa shape index (κ1) is 14.1. The first-order valence-corrected chi connectivity index (χ1v) is 3.95. The molecule has 2 nitrogen and oxygen atoms in total. The third-order valence-corrected chi connectivity index (χ3v) is 1.25. The zero-order valence-electron chi connectivity index (χ0n) is 8.03. The third kappa shape index (κ3) is 8.47. The fourth-order valence-electron chi connectivity index (χ4n) is 0.735. The highest BCUT2D eigenvalue weighted by Gasteiger charge is 2.04. The van der Waals surface area contributed by atoms with Crippen LogP contribution in [0.2, 0.25) is 0 Å². The molecule has 0 rings (SSSR count). The van der Waals surface area contributed by atoms with Gasteiger partial charge in [0.05, 0.1) is 5.92 Å². The molecule has 13 heavy (non-hydrogen) atoms. The van der Waals surface area contributed by atoms with Gasteiger partial charge in [-0.2, -0.15) is 0 Å². The first-order valence-electron chi connectivity index (χ1n) is 3.95. The summed E-state index contributed by atoms with van der Waals surface area (Å²) in [5.41, 5.74) is 0.803. The quantitative estimate of drug-likeness (QED) is 0.281. The molecular formula is C11H16O2. The Morgan fingerprint density at radius 1 is 1.31 bits per heavy atom. The number of hydrogen-bond acceptors (Lipinski definition) is 2. The van der Waals surface area contributed by atoms with Crippen LogP contribution in [0.15, 0.2) is 37.5 Å². The molecule has 0 spiro atoms. The topological polar surface area (TPSA) is 34.1 Å². The molecule has 0 bridgehead atoms. The van der Waals surface area contributed by atoms with E-state index >= 15 is 0 Å². The summed E-state index contributed by atoms with van der Waals surface area (Å²) in [7, 11) is 0. The number of carbonyl (C=O) groups excluding carboxylic acids is 2. The Kier molecular flexibility index (Phi) is 11.5. The molecule has 0 atom stereocenters. The third-order valence-electron chi connectivity index (χ3n) is 1.25. The van der Waals surface area contributed by atoms with Crippen LogP contribution in [0.3, 0.4) is 0 Å². The molecule has 0 aromatic rings. The summed E-state index contributed by atoms with van der Waals surface area (Å²) in [6, 6.07) is 0. The van der Waals surface area contributed by atoms with E-state index < -0.39 is 5.92 Å². The van der Waals surface area contributed by atoms with E-state index in [0.717, 1.165) is 5.57 Å². The molecule has 0 N–H and O–H groups in total. The Morgan fingerprint density at radius 2 is 1.77 bits per heavy atom. The molecule has 0 amide bonds. The van der Waals surface area contributed by atoms with E-state index in [4.69, 9.17) is 0 Å². The molecule has 0 radical (unpaired) electrons. The van der Waals surface area contributed by atoms with E-state index in [1.807, 2.05) is 13.0 Å². The second kappa shape index (κ2) is 10.6. The van der Waals surface area contributed by atoms with E-state index in [0.29, 0.717) is 19.0 Å². The minimum Gasteiger partial charge on any atom is -0.303 e. The van der Waals surface area contributed by atoms with Crippen molar-refractivity contribution in [1.29, 1.82) is 0 Å². The smallest absolute Gasteiger partial charge is 0.130 e. The van der Waals surface area contributed by atoms with Gasteiger partial charge in [-0.15, -0.1) is 13.2 Å². The minimum absolute atomic E-state index is 0.428. The van der Waals surface area contributed by atoms with Gasteiger partial charge in [-0.3, -0.25) is 0 Å². The van der Waals surface area contributed by atoms with E-state index in [-0.39, 0.29) is 0 Å². The summed E-state index contributed by atoms with van der Waals surface area (Å²) < 4.78 is 0. The van der Waals surface area contributed by atoms with Crippen molar-refractivity contribution < 1.29 is 9.59 Å². The van der Waals surface area contributed by atoms with Crippen LogP contribution in [0.1, 0.15) is 13.3 Å². The summed E-state index contributed by atoms with van der Waals surface area (Å²) in [6.45, 7) is 11.5. The van der Waals surface area contributed by atoms with Crippen molar-refractivity contribution in [2.45, 2.75) is 13.3 Å². The molecule has 72 valence electrons. The molecule has 0 aromatic heterocycles. The number of allylic oxidation sites excluding steroid dienone is 3. The van der Waals surface area contributed by atoms with Gasteiger partial charge in [-0.25, -0.2) is 0 Å². The van der Waals surface area contributed by atoms with E-state index in [1.54, 1.807) is 6.08 Å². The van der Waals surface area contributed by atoms with E-state index in [2.05, 4.69) is 19.7 Å². The predicted molar refractivity (Wildman–Crippen MR) is 55.4 cm³/mol. The molecule has 0 aliphatic heterocycles. The maximum atomic E-state index is 10.2. The molecule has 0 aliphatic rings. The Labute approximate surface area is 79.6 Å². The van der Waals surface area contributed by atoms with Crippen LogP contribution in [0, 0.1) is 5.92 Å². The summed E-state index contributed by atoms with van der Waals surface area (Å²) in [5.74, 6) is -0.529.